The van der Waals surface area contributed by atoms with Crippen molar-refractivity contribution in [1.29, 1.82) is 0 Å². The molecule has 1 aromatic carbocycles. The maximum atomic E-state index is 5.79. The molecule has 4 nitrogen and oxygen atoms in total. The molecule has 0 amide bonds. The summed E-state index contributed by atoms with van der Waals surface area (Å²) in [7, 11) is 1.62. The van der Waals surface area contributed by atoms with Crippen molar-refractivity contribution in [1.82, 2.24) is 4.98 Å². The predicted molar refractivity (Wildman–Crippen MR) is 72.9 cm³/mol. The minimum atomic E-state index is 0.337. The van der Waals surface area contributed by atoms with Gasteiger partial charge in [-0.05, 0) is 46.3 Å². The molecule has 5 heteroatoms. The van der Waals surface area contributed by atoms with E-state index in [-0.39, 0.29) is 0 Å². The van der Waals surface area contributed by atoms with Gasteiger partial charge in [-0.2, -0.15) is 0 Å². The molecule has 0 unspecified atom stereocenters. The molecule has 2 aromatic rings. The van der Waals surface area contributed by atoms with Crippen LogP contribution < -0.4 is 15.2 Å². The van der Waals surface area contributed by atoms with Crippen molar-refractivity contribution in [2.75, 3.05) is 7.11 Å². The highest BCUT2D eigenvalue weighted by molar-refractivity contribution is 9.10. The zero-order chi connectivity index (χ0) is 13.0. The average molecular weight is 309 g/mol. The molecule has 0 fully saturated rings. The lowest BCUT2D eigenvalue weighted by Crippen LogP contribution is -2.02. The normalized spacial score (nSPS) is 10.2. The van der Waals surface area contributed by atoms with Crippen LogP contribution in [0.1, 0.15) is 5.69 Å². The second-order valence-electron chi connectivity index (χ2n) is 3.55. The third-order valence-electron chi connectivity index (χ3n) is 2.40. The van der Waals surface area contributed by atoms with Crippen LogP contribution in [0.2, 0.25) is 0 Å². The Hall–Kier alpha value is -1.59. The Morgan fingerprint density at radius 2 is 2.11 bits per heavy atom. The van der Waals surface area contributed by atoms with Gasteiger partial charge in [-0.1, -0.05) is 0 Å². The zero-order valence-electron chi connectivity index (χ0n) is 9.89. The van der Waals surface area contributed by atoms with E-state index in [1.54, 1.807) is 13.3 Å². The van der Waals surface area contributed by atoms with Crippen molar-refractivity contribution in [3.63, 3.8) is 0 Å². The molecule has 0 saturated heterocycles. The summed E-state index contributed by atoms with van der Waals surface area (Å²) < 4.78 is 11.7. The lowest BCUT2D eigenvalue weighted by atomic mass is 10.3. The van der Waals surface area contributed by atoms with E-state index in [2.05, 4.69) is 20.9 Å². The lowest BCUT2D eigenvalue weighted by Gasteiger charge is -2.11. The number of hydrogen-bond acceptors (Lipinski definition) is 4. The Morgan fingerprint density at radius 1 is 1.28 bits per heavy atom. The monoisotopic (exact) mass is 308 g/mol. The Kier molecular flexibility index (Phi) is 4.17. The van der Waals surface area contributed by atoms with E-state index in [4.69, 9.17) is 15.2 Å². The summed E-state index contributed by atoms with van der Waals surface area (Å²) in [5.74, 6) is 2.11. The number of benzene rings is 1. The van der Waals surface area contributed by atoms with E-state index in [9.17, 15) is 0 Å². The first-order chi connectivity index (χ1) is 8.74. The van der Waals surface area contributed by atoms with E-state index in [0.717, 1.165) is 15.9 Å². The number of nitrogens with two attached hydrogens (primary N) is 1. The molecule has 0 bridgehead atoms. The van der Waals surface area contributed by atoms with Gasteiger partial charge in [0.25, 0.3) is 0 Å². The Bertz CT molecular complexity index is 546. The number of rotatable bonds is 4. The summed E-state index contributed by atoms with van der Waals surface area (Å²) in [6, 6.07) is 9.15. The molecule has 2 rings (SSSR count). The number of aromatic nitrogens is 1. The Balaban J connectivity index is 2.28. The molecule has 0 spiro atoms. The average Bonchev–Trinajstić information content (AvgIpc) is 2.41. The van der Waals surface area contributed by atoms with Gasteiger partial charge >= 0.3 is 0 Å². The van der Waals surface area contributed by atoms with Gasteiger partial charge in [-0.25, -0.2) is 0 Å². The number of ether oxygens (including phenoxy) is 2. The lowest BCUT2D eigenvalue weighted by molar-refractivity contribution is 0.412. The molecule has 2 N–H and O–H groups in total. The van der Waals surface area contributed by atoms with Crippen LogP contribution in [0.15, 0.2) is 41.0 Å². The van der Waals surface area contributed by atoms with Crippen molar-refractivity contribution in [3.8, 4) is 17.2 Å². The third kappa shape index (κ3) is 2.80. The molecule has 1 heterocycles. The summed E-state index contributed by atoms with van der Waals surface area (Å²) in [5, 5.41) is 0. The van der Waals surface area contributed by atoms with Crippen molar-refractivity contribution in [2.45, 2.75) is 6.54 Å². The molecule has 0 saturated carbocycles. The highest BCUT2D eigenvalue weighted by Gasteiger charge is 2.08. The van der Waals surface area contributed by atoms with Gasteiger partial charge < -0.3 is 15.2 Å². The van der Waals surface area contributed by atoms with Crippen molar-refractivity contribution >= 4 is 15.9 Å². The molecule has 0 radical (unpaired) electrons. The van der Waals surface area contributed by atoms with Gasteiger partial charge in [0.05, 0.1) is 17.3 Å². The van der Waals surface area contributed by atoms with Crippen molar-refractivity contribution in [2.24, 2.45) is 5.73 Å². The standard InChI is InChI=1S/C13H13BrN2O2/c1-17-9-4-5-12(10(14)7-9)18-13-3-2-6-16-11(13)8-15/h2-7H,8,15H2,1H3. The number of hydrogen-bond donors (Lipinski definition) is 1. The fraction of sp³-hybridized carbons (Fsp3) is 0.154. The number of nitrogens with zero attached hydrogens (tertiary/aromatic N) is 1. The van der Waals surface area contributed by atoms with Crippen molar-refractivity contribution in [3.05, 3.63) is 46.7 Å². The number of halogens is 1. The van der Waals surface area contributed by atoms with E-state index < -0.39 is 0 Å². The molecule has 0 aliphatic carbocycles. The van der Waals surface area contributed by atoms with Gasteiger partial charge in [0.1, 0.15) is 17.2 Å². The Labute approximate surface area is 114 Å². The minimum absolute atomic E-state index is 0.337. The molecular formula is C13H13BrN2O2. The second-order valence-corrected chi connectivity index (χ2v) is 4.41. The number of pyridine rings is 1. The molecule has 0 atom stereocenters. The van der Waals surface area contributed by atoms with Crippen LogP contribution in [-0.2, 0) is 6.54 Å². The van der Waals surface area contributed by atoms with Gasteiger partial charge in [-0.3, -0.25) is 4.98 Å². The number of methoxy groups -OCH3 is 1. The quantitative estimate of drug-likeness (QED) is 0.943. The summed E-state index contributed by atoms with van der Waals surface area (Å²) in [4.78, 5) is 4.17. The van der Waals surface area contributed by atoms with E-state index in [0.29, 0.717) is 18.0 Å². The third-order valence-corrected chi connectivity index (χ3v) is 3.02. The predicted octanol–water partition coefficient (Wildman–Crippen LogP) is 3.10. The first-order valence-electron chi connectivity index (χ1n) is 5.40. The van der Waals surface area contributed by atoms with Crippen molar-refractivity contribution < 1.29 is 9.47 Å². The zero-order valence-corrected chi connectivity index (χ0v) is 11.5. The van der Waals surface area contributed by atoms with Gasteiger partial charge in [0.15, 0.2) is 0 Å². The fourth-order valence-electron chi connectivity index (χ4n) is 1.48. The summed E-state index contributed by atoms with van der Waals surface area (Å²) in [6.07, 6.45) is 1.69. The molecule has 18 heavy (non-hydrogen) atoms. The van der Waals surface area contributed by atoms with Gasteiger partial charge in [0.2, 0.25) is 0 Å². The first-order valence-corrected chi connectivity index (χ1v) is 6.19. The molecular weight excluding hydrogens is 296 g/mol. The van der Waals surface area contributed by atoms with Crippen LogP contribution in [0, 0.1) is 0 Å². The first kappa shape index (κ1) is 12.9. The molecule has 0 aliphatic heterocycles. The molecule has 0 aliphatic rings. The van der Waals surface area contributed by atoms with Crippen LogP contribution in [0.3, 0.4) is 0 Å². The van der Waals surface area contributed by atoms with Crippen LogP contribution in [0.25, 0.3) is 0 Å². The largest absolute Gasteiger partial charge is 0.497 e. The SMILES string of the molecule is COc1ccc(Oc2cccnc2CN)c(Br)c1. The van der Waals surface area contributed by atoms with E-state index >= 15 is 0 Å². The van der Waals surface area contributed by atoms with Crippen LogP contribution in [0.4, 0.5) is 0 Å². The van der Waals surface area contributed by atoms with Gasteiger partial charge in [-0.15, -0.1) is 0 Å². The van der Waals surface area contributed by atoms with Gasteiger partial charge in [0, 0.05) is 12.7 Å². The summed E-state index contributed by atoms with van der Waals surface area (Å²) in [6.45, 7) is 0.337. The smallest absolute Gasteiger partial charge is 0.150 e. The maximum Gasteiger partial charge on any atom is 0.150 e. The highest BCUT2D eigenvalue weighted by atomic mass is 79.9. The summed E-state index contributed by atoms with van der Waals surface area (Å²) >= 11 is 3.44. The second kappa shape index (κ2) is 5.84. The van der Waals surface area contributed by atoms with E-state index in [1.165, 1.54) is 0 Å². The van der Waals surface area contributed by atoms with Crippen LogP contribution in [0.5, 0.6) is 17.2 Å². The Morgan fingerprint density at radius 3 is 2.78 bits per heavy atom. The van der Waals surface area contributed by atoms with Crippen LogP contribution >= 0.6 is 15.9 Å². The molecule has 1 aromatic heterocycles. The highest BCUT2D eigenvalue weighted by Crippen LogP contribution is 2.33. The van der Waals surface area contributed by atoms with E-state index in [1.807, 2.05) is 30.3 Å². The minimum Gasteiger partial charge on any atom is -0.497 e. The van der Waals surface area contributed by atoms with Crippen LogP contribution in [-0.4, -0.2) is 12.1 Å². The fourth-order valence-corrected chi connectivity index (χ4v) is 1.92. The topological polar surface area (TPSA) is 57.4 Å². The maximum absolute atomic E-state index is 5.79. The molecule has 94 valence electrons. The summed E-state index contributed by atoms with van der Waals surface area (Å²) in [5.41, 5.74) is 6.34.